The van der Waals surface area contributed by atoms with Gasteiger partial charge in [0, 0.05) is 12.6 Å². The third-order valence-corrected chi connectivity index (χ3v) is 3.36. The van der Waals surface area contributed by atoms with E-state index in [1.807, 2.05) is 18.2 Å². The van der Waals surface area contributed by atoms with Gasteiger partial charge in [0.05, 0.1) is 11.1 Å². The van der Waals surface area contributed by atoms with Crippen molar-refractivity contribution < 1.29 is 9.90 Å². The van der Waals surface area contributed by atoms with E-state index in [4.69, 9.17) is 5.11 Å². The first-order chi connectivity index (χ1) is 10.2. The van der Waals surface area contributed by atoms with E-state index in [1.165, 1.54) is 11.8 Å². The van der Waals surface area contributed by atoms with Crippen molar-refractivity contribution in [2.45, 2.75) is 19.3 Å². The van der Waals surface area contributed by atoms with E-state index in [9.17, 15) is 4.79 Å². The summed E-state index contributed by atoms with van der Waals surface area (Å²) in [5.41, 5.74) is 2.71. The van der Waals surface area contributed by atoms with Crippen LogP contribution in [0.5, 0.6) is 0 Å². The molecular formula is C16H15N3O2. The zero-order valence-corrected chi connectivity index (χ0v) is 11.4. The van der Waals surface area contributed by atoms with Gasteiger partial charge in [0.1, 0.15) is 5.82 Å². The molecule has 0 saturated carbocycles. The lowest BCUT2D eigenvalue weighted by Gasteiger charge is -1.99. The van der Waals surface area contributed by atoms with Crippen LogP contribution in [0.1, 0.15) is 28.2 Å². The Balaban J connectivity index is 1.68. The van der Waals surface area contributed by atoms with Gasteiger partial charge < -0.3 is 10.1 Å². The standard InChI is InChI=1S/C16H15N3O2/c20-16(21)12-9-13-15(17-10-12)19-14(18-13)8-4-7-11-5-2-1-3-6-11/h1-3,5-6,9-10H,4,7-8H2,(H,20,21)(H,17,18,19). The van der Waals surface area contributed by atoms with E-state index in [0.29, 0.717) is 11.2 Å². The Morgan fingerprint density at radius 3 is 2.76 bits per heavy atom. The highest BCUT2D eigenvalue weighted by Gasteiger charge is 2.08. The van der Waals surface area contributed by atoms with Crippen molar-refractivity contribution in [2.24, 2.45) is 0 Å². The number of nitrogens with one attached hydrogen (secondary N) is 1. The minimum atomic E-state index is -0.982. The lowest BCUT2D eigenvalue weighted by atomic mass is 10.1. The molecule has 2 aromatic heterocycles. The third-order valence-electron chi connectivity index (χ3n) is 3.36. The summed E-state index contributed by atoms with van der Waals surface area (Å²) in [5, 5.41) is 8.94. The second kappa shape index (κ2) is 5.75. The molecule has 0 amide bonds. The van der Waals surface area contributed by atoms with Crippen molar-refractivity contribution in [3.05, 3.63) is 59.5 Å². The molecule has 0 spiro atoms. The highest BCUT2D eigenvalue weighted by atomic mass is 16.4. The minimum Gasteiger partial charge on any atom is -0.478 e. The molecule has 21 heavy (non-hydrogen) atoms. The van der Waals surface area contributed by atoms with Gasteiger partial charge in [-0.1, -0.05) is 30.3 Å². The molecule has 0 unspecified atom stereocenters. The summed E-state index contributed by atoms with van der Waals surface area (Å²) >= 11 is 0. The van der Waals surface area contributed by atoms with Gasteiger partial charge in [-0.2, -0.15) is 0 Å². The van der Waals surface area contributed by atoms with Gasteiger partial charge in [0.25, 0.3) is 0 Å². The number of H-pyrrole nitrogens is 1. The van der Waals surface area contributed by atoms with Gasteiger partial charge in [-0.3, -0.25) is 0 Å². The number of hydrogen-bond donors (Lipinski definition) is 2. The molecular weight excluding hydrogens is 266 g/mol. The van der Waals surface area contributed by atoms with Crippen LogP contribution in [0.2, 0.25) is 0 Å². The summed E-state index contributed by atoms with van der Waals surface area (Å²) in [6.07, 6.45) is 4.12. The van der Waals surface area contributed by atoms with Crippen LogP contribution in [0.4, 0.5) is 0 Å². The first kappa shape index (κ1) is 13.3. The summed E-state index contributed by atoms with van der Waals surface area (Å²) < 4.78 is 0. The van der Waals surface area contributed by atoms with Crippen LogP contribution >= 0.6 is 0 Å². The number of imidazole rings is 1. The number of pyridine rings is 1. The Hall–Kier alpha value is -2.69. The lowest BCUT2D eigenvalue weighted by Crippen LogP contribution is -1.96. The number of nitrogens with zero attached hydrogens (tertiary/aromatic N) is 2. The monoisotopic (exact) mass is 281 g/mol. The zero-order valence-electron chi connectivity index (χ0n) is 11.4. The van der Waals surface area contributed by atoms with Crippen LogP contribution in [0, 0.1) is 0 Å². The van der Waals surface area contributed by atoms with Crippen LogP contribution in [-0.4, -0.2) is 26.0 Å². The van der Waals surface area contributed by atoms with E-state index in [1.54, 1.807) is 6.07 Å². The van der Waals surface area contributed by atoms with Gasteiger partial charge in [0.2, 0.25) is 0 Å². The Bertz CT molecular complexity index is 766. The van der Waals surface area contributed by atoms with Crippen LogP contribution < -0.4 is 0 Å². The fraction of sp³-hybridized carbons (Fsp3) is 0.188. The molecule has 0 atom stereocenters. The average Bonchev–Trinajstić information content (AvgIpc) is 2.90. The number of aromatic amines is 1. The molecule has 106 valence electrons. The molecule has 0 aliphatic carbocycles. The minimum absolute atomic E-state index is 0.169. The second-order valence-corrected chi connectivity index (χ2v) is 4.92. The third kappa shape index (κ3) is 3.08. The smallest absolute Gasteiger partial charge is 0.337 e. The molecule has 2 heterocycles. The highest BCUT2D eigenvalue weighted by molar-refractivity contribution is 5.90. The molecule has 3 aromatic rings. The number of aromatic carboxylic acids is 1. The van der Waals surface area contributed by atoms with Gasteiger partial charge in [-0.05, 0) is 24.5 Å². The Morgan fingerprint density at radius 2 is 2.00 bits per heavy atom. The summed E-state index contributed by atoms with van der Waals surface area (Å²) in [7, 11) is 0. The maximum atomic E-state index is 10.9. The molecule has 0 fully saturated rings. The van der Waals surface area contributed by atoms with Crippen LogP contribution in [0.25, 0.3) is 11.2 Å². The Morgan fingerprint density at radius 1 is 1.19 bits per heavy atom. The summed E-state index contributed by atoms with van der Waals surface area (Å²) in [6, 6.07) is 11.9. The molecule has 5 heteroatoms. The maximum absolute atomic E-state index is 10.9. The number of fused-ring (bicyclic) bond motifs is 1. The van der Waals surface area contributed by atoms with Crippen LogP contribution in [0.3, 0.4) is 0 Å². The molecule has 2 N–H and O–H groups in total. The van der Waals surface area contributed by atoms with Crippen molar-refractivity contribution in [3.8, 4) is 0 Å². The zero-order chi connectivity index (χ0) is 14.7. The van der Waals surface area contributed by atoms with Gasteiger partial charge >= 0.3 is 5.97 Å². The summed E-state index contributed by atoms with van der Waals surface area (Å²) in [6.45, 7) is 0. The number of carboxylic acid groups (broad SMARTS) is 1. The first-order valence-electron chi connectivity index (χ1n) is 6.84. The average molecular weight is 281 g/mol. The van der Waals surface area contributed by atoms with Crippen molar-refractivity contribution in [1.82, 2.24) is 15.0 Å². The number of carbonyl (C=O) groups is 1. The highest BCUT2D eigenvalue weighted by Crippen LogP contribution is 2.13. The van der Waals surface area contributed by atoms with Crippen molar-refractivity contribution in [1.29, 1.82) is 0 Å². The van der Waals surface area contributed by atoms with Gasteiger partial charge in [-0.25, -0.2) is 14.8 Å². The predicted octanol–water partition coefficient (Wildman–Crippen LogP) is 2.83. The topological polar surface area (TPSA) is 78.9 Å². The molecule has 0 saturated heterocycles. The van der Waals surface area contributed by atoms with Crippen LogP contribution in [-0.2, 0) is 12.8 Å². The summed E-state index contributed by atoms with van der Waals surface area (Å²) in [4.78, 5) is 22.5. The maximum Gasteiger partial charge on any atom is 0.337 e. The molecule has 0 aliphatic heterocycles. The fourth-order valence-electron chi connectivity index (χ4n) is 2.29. The number of benzene rings is 1. The number of aryl methyl sites for hydroxylation is 2. The number of aromatic nitrogens is 3. The number of rotatable bonds is 5. The van der Waals surface area contributed by atoms with Crippen LogP contribution in [0.15, 0.2) is 42.6 Å². The van der Waals surface area contributed by atoms with Crippen molar-refractivity contribution in [2.75, 3.05) is 0 Å². The largest absolute Gasteiger partial charge is 0.478 e. The SMILES string of the molecule is O=C(O)c1cnc2nc(CCCc3ccccc3)[nH]c2c1. The Labute approximate surface area is 121 Å². The molecule has 3 rings (SSSR count). The fourth-order valence-corrected chi connectivity index (χ4v) is 2.29. The van der Waals surface area contributed by atoms with Crippen molar-refractivity contribution >= 4 is 17.1 Å². The van der Waals surface area contributed by atoms with E-state index in [2.05, 4.69) is 27.1 Å². The van der Waals surface area contributed by atoms with Gasteiger partial charge in [0.15, 0.2) is 5.65 Å². The van der Waals surface area contributed by atoms with Crippen molar-refractivity contribution in [3.63, 3.8) is 0 Å². The number of carboxylic acids is 1. The summed E-state index contributed by atoms with van der Waals surface area (Å²) in [5.74, 6) is -0.138. The van der Waals surface area contributed by atoms with E-state index < -0.39 is 5.97 Å². The van der Waals surface area contributed by atoms with E-state index in [0.717, 1.165) is 25.1 Å². The molecule has 0 radical (unpaired) electrons. The second-order valence-electron chi connectivity index (χ2n) is 4.92. The molecule has 0 bridgehead atoms. The van der Waals surface area contributed by atoms with E-state index >= 15 is 0 Å². The lowest BCUT2D eigenvalue weighted by molar-refractivity contribution is 0.0696. The first-order valence-corrected chi connectivity index (χ1v) is 6.84. The predicted molar refractivity (Wildman–Crippen MR) is 79.3 cm³/mol. The number of hydrogen-bond acceptors (Lipinski definition) is 3. The van der Waals surface area contributed by atoms with E-state index in [-0.39, 0.29) is 5.56 Å². The molecule has 0 aliphatic rings. The molecule has 5 nitrogen and oxygen atoms in total. The quantitative estimate of drug-likeness (QED) is 0.753. The molecule has 1 aromatic carbocycles. The Kier molecular flexibility index (Phi) is 3.64. The van der Waals surface area contributed by atoms with Gasteiger partial charge in [-0.15, -0.1) is 0 Å². The normalized spacial score (nSPS) is 10.9.